The summed E-state index contributed by atoms with van der Waals surface area (Å²) in [5, 5.41) is 9.68. The van der Waals surface area contributed by atoms with Gasteiger partial charge in [0.25, 0.3) is 5.91 Å². The van der Waals surface area contributed by atoms with Crippen LogP contribution in [0.4, 0.5) is 4.79 Å². The Bertz CT molecular complexity index is 1060. The highest BCUT2D eigenvalue weighted by molar-refractivity contribution is 6.30. The van der Waals surface area contributed by atoms with Crippen molar-refractivity contribution >= 4 is 23.6 Å². The highest BCUT2D eigenvalue weighted by atomic mass is 35.5. The van der Waals surface area contributed by atoms with E-state index in [2.05, 4.69) is 20.7 Å². The van der Waals surface area contributed by atoms with E-state index in [1.165, 1.54) is 39.2 Å². The summed E-state index contributed by atoms with van der Waals surface area (Å²) in [6.45, 7) is 3.39. The number of nitrogens with one attached hydrogen (secondary N) is 3. The van der Waals surface area contributed by atoms with Gasteiger partial charge in [0.2, 0.25) is 0 Å². The quantitative estimate of drug-likeness (QED) is 0.265. The van der Waals surface area contributed by atoms with Crippen molar-refractivity contribution in [1.29, 1.82) is 0 Å². The van der Waals surface area contributed by atoms with Gasteiger partial charge in [0.15, 0.2) is 0 Å². The molecule has 8 nitrogen and oxygen atoms in total. The summed E-state index contributed by atoms with van der Waals surface area (Å²) in [6, 6.07) is 13.1. The number of hydrogen-bond donors (Lipinski definition) is 3. The van der Waals surface area contributed by atoms with Gasteiger partial charge in [-0.3, -0.25) is 4.79 Å². The Labute approximate surface area is 237 Å². The lowest BCUT2D eigenvalue weighted by atomic mass is 9.85. The lowest BCUT2D eigenvalue weighted by Crippen LogP contribution is -2.40. The molecule has 1 saturated carbocycles. The molecule has 1 aliphatic rings. The van der Waals surface area contributed by atoms with Crippen molar-refractivity contribution in [1.82, 2.24) is 16.0 Å². The van der Waals surface area contributed by atoms with Crippen molar-refractivity contribution in [2.75, 3.05) is 40.5 Å². The molecule has 0 heterocycles. The minimum absolute atomic E-state index is 0.168. The van der Waals surface area contributed by atoms with Crippen LogP contribution >= 0.6 is 11.6 Å². The van der Waals surface area contributed by atoms with Crippen molar-refractivity contribution in [3.63, 3.8) is 0 Å². The van der Waals surface area contributed by atoms with Crippen LogP contribution in [-0.2, 0) is 9.47 Å². The van der Waals surface area contributed by atoms with Crippen molar-refractivity contribution in [3.8, 4) is 5.75 Å². The molecule has 2 atom stereocenters. The fourth-order valence-electron chi connectivity index (χ4n) is 5.06. The normalized spacial score (nSPS) is 15.3. The molecule has 0 aromatic heterocycles. The third-order valence-electron chi connectivity index (χ3n) is 7.06. The first-order valence-electron chi connectivity index (χ1n) is 13.9. The largest absolute Gasteiger partial charge is 0.494 e. The summed E-state index contributed by atoms with van der Waals surface area (Å²) < 4.78 is 16.7. The van der Waals surface area contributed by atoms with E-state index in [0.717, 1.165) is 17.5 Å². The minimum Gasteiger partial charge on any atom is -0.494 e. The second kappa shape index (κ2) is 16.3. The average molecular weight is 560 g/mol. The summed E-state index contributed by atoms with van der Waals surface area (Å²) in [4.78, 5) is 24.8. The van der Waals surface area contributed by atoms with Crippen LogP contribution in [0.15, 0.2) is 42.5 Å². The summed E-state index contributed by atoms with van der Waals surface area (Å²) in [6.07, 6.45) is 6.47. The van der Waals surface area contributed by atoms with E-state index in [-0.39, 0.29) is 25.1 Å². The van der Waals surface area contributed by atoms with Gasteiger partial charge in [-0.05, 0) is 67.8 Å². The standard InChI is InChI=1S/C30H42ClN3O5/c1-4-38-27-18-23(28(22-11-8-12-25(31)17-22)39-14-13-33-30(36)37-3)16-24(19-27)29(35)34-20-26(32-2)15-21-9-6-5-7-10-21/h8,11-12,16-19,21,26,28,32H,4-7,9-10,13-15,20H2,1-3H3,(H,33,36)(H,34,35). The van der Waals surface area contributed by atoms with Crippen molar-refractivity contribution < 1.29 is 23.8 Å². The van der Waals surface area contributed by atoms with E-state index >= 15 is 0 Å². The monoisotopic (exact) mass is 559 g/mol. The number of hydrogen-bond acceptors (Lipinski definition) is 6. The van der Waals surface area contributed by atoms with Crippen molar-refractivity contribution in [2.24, 2.45) is 5.92 Å². The van der Waals surface area contributed by atoms with Crippen molar-refractivity contribution in [3.05, 3.63) is 64.2 Å². The van der Waals surface area contributed by atoms with Crippen LogP contribution in [0, 0.1) is 5.92 Å². The summed E-state index contributed by atoms with van der Waals surface area (Å²) >= 11 is 6.29. The van der Waals surface area contributed by atoms with E-state index in [9.17, 15) is 9.59 Å². The molecule has 0 spiro atoms. The Morgan fingerprint density at radius 2 is 1.85 bits per heavy atom. The average Bonchev–Trinajstić information content (AvgIpc) is 2.95. The van der Waals surface area contributed by atoms with E-state index in [0.29, 0.717) is 35.4 Å². The molecule has 2 unspecified atom stereocenters. The maximum absolute atomic E-state index is 13.3. The molecule has 214 valence electrons. The number of carbonyl (C=O) groups is 2. The molecule has 3 rings (SSSR count). The van der Waals surface area contributed by atoms with Gasteiger partial charge in [0.05, 0.1) is 20.3 Å². The highest BCUT2D eigenvalue weighted by Crippen LogP contribution is 2.32. The fraction of sp³-hybridized carbons (Fsp3) is 0.533. The van der Waals surface area contributed by atoms with Gasteiger partial charge in [-0.15, -0.1) is 0 Å². The Morgan fingerprint density at radius 1 is 1.05 bits per heavy atom. The number of amides is 2. The molecule has 0 saturated heterocycles. The lowest BCUT2D eigenvalue weighted by Gasteiger charge is -2.26. The first kappa shape index (κ1) is 30.7. The van der Waals surface area contributed by atoms with Gasteiger partial charge in [-0.1, -0.05) is 55.8 Å². The number of carbonyl (C=O) groups excluding carboxylic acids is 2. The predicted molar refractivity (Wildman–Crippen MR) is 154 cm³/mol. The SMILES string of the molecule is CCOc1cc(C(=O)NCC(CC2CCCCC2)NC)cc(C(OCCNC(=O)OC)c2cccc(Cl)c2)c1. The molecule has 0 aliphatic heterocycles. The van der Waals surface area contributed by atoms with Gasteiger partial charge in [-0.2, -0.15) is 0 Å². The second-order valence-corrected chi connectivity index (χ2v) is 10.3. The molecule has 0 bridgehead atoms. The Kier molecular flexibility index (Phi) is 12.9. The number of benzene rings is 2. The van der Waals surface area contributed by atoms with Crippen LogP contribution in [0.3, 0.4) is 0 Å². The van der Waals surface area contributed by atoms with Gasteiger partial charge in [0.1, 0.15) is 11.9 Å². The van der Waals surface area contributed by atoms with E-state index in [1.54, 1.807) is 12.1 Å². The summed E-state index contributed by atoms with van der Waals surface area (Å²) in [7, 11) is 3.26. The molecule has 0 radical (unpaired) electrons. The molecular formula is C30H42ClN3O5. The van der Waals surface area contributed by atoms with E-state index < -0.39 is 12.2 Å². The first-order valence-corrected chi connectivity index (χ1v) is 14.2. The molecule has 1 fully saturated rings. The second-order valence-electron chi connectivity index (χ2n) is 9.88. The number of likely N-dealkylation sites (N-methyl/N-ethyl adjacent to an activating group) is 1. The van der Waals surface area contributed by atoms with Crippen LogP contribution < -0.4 is 20.7 Å². The fourth-order valence-corrected chi connectivity index (χ4v) is 5.26. The maximum atomic E-state index is 13.3. The zero-order chi connectivity index (χ0) is 28.0. The third-order valence-corrected chi connectivity index (χ3v) is 7.29. The third kappa shape index (κ3) is 10.0. The molecule has 2 aromatic carbocycles. The number of halogens is 1. The van der Waals surface area contributed by atoms with Gasteiger partial charge < -0.3 is 30.2 Å². The number of methoxy groups -OCH3 is 1. The zero-order valence-corrected chi connectivity index (χ0v) is 24.0. The highest BCUT2D eigenvalue weighted by Gasteiger charge is 2.21. The zero-order valence-electron chi connectivity index (χ0n) is 23.3. The summed E-state index contributed by atoms with van der Waals surface area (Å²) in [5.74, 6) is 1.12. The van der Waals surface area contributed by atoms with Crippen LogP contribution in [0.1, 0.15) is 73.0 Å². The molecule has 1 aliphatic carbocycles. The Hall–Kier alpha value is -2.81. The molecule has 2 amide bonds. The number of alkyl carbamates (subject to hydrolysis) is 1. The van der Waals surface area contributed by atoms with Crippen LogP contribution in [-0.4, -0.2) is 58.5 Å². The molecular weight excluding hydrogens is 518 g/mol. The van der Waals surface area contributed by atoms with E-state index in [1.807, 2.05) is 44.3 Å². The van der Waals surface area contributed by atoms with Crippen LogP contribution in [0.5, 0.6) is 5.75 Å². The van der Waals surface area contributed by atoms with Gasteiger partial charge in [0, 0.05) is 29.7 Å². The predicted octanol–water partition coefficient (Wildman–Crippen LogP) is 5.49. The Morgan fingerprint density at radius 3 is 2.54 bits per heavy atom. The van der Waals surface area contributed by atoms with Gasteiger partial charge >= 0.3 is 6.09 Å². The van der Waals surface area contributed by atoms with Crippen LogP contribution in [0.2, 0.25) is 5.02 Å². The van der Waals surface area contributed by atoms with Crippen molar-refractivity contribution in [2.45, 2.75) is 57.6 Å². The minimum atomic E-state index is -0.536. The number of rotatable bonds is 14. The number of ether oxygens (including phenoxy) is 3. The lowest BCUT2D eigenvalue weighted by molar-refractivity contribution is 0.0802. The molecule has 3 N–H and O–H groups in total. The first-order chi connectivity index (χ1) is 18.9. The summed E-state index contributed by atoms with van der Waals surface area (Å²) in [5.41, 5.74) is 2.06. The molecule has 2 aromatic rings. The molecule has 39 heavy (non-hydrogen) atoms. The topological polar surface area (TPSA) is 97.9 Å². The van der Waals surface area contributed by atoms with Crippen LogP contribution in [0.25, 0.3) is 0 Å². The Balaban J connectivity index is 1.78. The maximum Gasteiger partial charge on any atom is 0.406 e. The molecule has 9 heteroatoms. The van der Waals surface area contributed by atoms with Gasteiger partial charge in [-0.25, -0.2) is 4.79 Å². The smallest absolute Gasteiger partial charge is 0.406 e. The van der Waals surface area contributed by atoms with E-state index in [4.69, 9.17) is 21.1 Å².